The molecule has 1 unspecified atom stereocenters. The van der Waals surface area contributed by atoms with Crippen LogP contribution in [0.1, 0.15) is 117 Å². The standard InChI is InChI=1S/C25H49NO4/c1-4-7-8-9-10-11-12-13-14-15-19-24(20-16-17-22-27)30-25(28)29-23-18-21-26(5-2)6-3/h22,24H,4-21,23H2,1-3H3. The van der Waals surface area contributed by atoms with Gasteiger partial charge in [-0.3, -0.25) is 0 Å². The van der Waals surface area contributed by atoms with Crippen LogP contribution >= 0.6 is 0 Å². The molecule has 5 heteroatoms. The smallest absolute Gasteiger partial charge is 0.434 e. The fourth-order valence-corrected chi connectivity index (χ4v) is 3.70. The van der Waals surface area contributed by atoms with Crippen molar-refractivity contribution in [3.05, 3.63) is 0 Å². The van der Waals surface area contributed by atoms with E-state index in [0.29, 0.717) is 13.0 Å². The van der Waals surface area contributed by atoms with Crippen LogP contribution in [-0.4, -0.2) is 49.7 Å². The first-order chi connectivity index (χ1) is 14.7. The van der Waals surface area contributed by atoms with Gasteiger partial charge in [-0.05, 0) is 45.2 Å². The number of nitrogens with zero attached hydrogens (tertiary/aromatic N) is 1. The zero-order chi connectivity index (χ0) is 22.3. The van der Waals surface area contributed by atoms with Gasteiger partial charge in [0, 0.05) is 13.0 Å². The molecule has 0 N–H and O–H groups in total. The summed E-state index contributed by atoms with van der Waals surface area (Å²) < 4.78 is 10.8. The lowest BCUT2D eigenvalue weighted by atomic mass is 10.0. The van der Waals surface area contributed by atoms with E-state index in [9.17, 15) is 9.59 Å². The van der Waals surface area contributed by atoms with Crippen LogP contribution in [0.3, 0.4) is 0 Å². The Kier molecular flexibility index (Phi) is 21.8. The predicted octanol–water partition coefficient (Wildman–Crippen LogP) is 6.92. The van der Waals surface area contributed by atoms with Crippen molar-refractivity contribution in [1.82, 2.24) is 4.90 Å². The van der Waals surface area contributed by atoms with Crippen molar-refractivity contribution in [2.75, 3.05) is 26.2 Å². The number of aldehydes is 1. The number of carbonyl (C=O) groups is 2. The van der Waals surface area contributed by atoms with Gasteiger partial charge in [-0.15, -0.1) is 0 Å². The molecular formula is C25H49NO4. The van der Waals surface area contributed by atoms with Gasteiger partial charge in [-0.1, -0.05) is 78.6 Å². The molecule has 0 saturated carbocycles. The molecule has 0 aromatic rings. The largest absolute Gasteiger partial charge is 0.508 e. The number of unbranched alkanes of at least 4 members (excludes halogenated alkanes) is 10. The molecule has 30 heavy (non-hydrogen) atoms. The molecular weight excluding hydrogens is 378 g/mol. The van der Waals surface area contributed by atoms with E-state index in [4.69, 9.17) is 9.47 Å². The molecule has 0 bridgehead atoms. The lowest BCUT2D eigenvalue weighted by molar-refractivity contribution is -0.108. The second-order valence-electron chi connectivity index (χ2n) is 8.29. The van der Waals surface area contributed by atoms with Gasteiger partial charge in [-0.2, -0.15) is 0 Å². The molecule has 0 aliphatic rings. The molecule has 0 spiro atoms. The first-order valence-corrected chi connectivity index (χ1v) is 12.7. The third-order valence-corrected chi connectivity index (χ3v) is 5.72. The number of rotatable bonds is 22. The first kappa shape index (κ1) is 28.9. The fourth-order valence-electron chi connectivity index (χ4n) is 3.70. The predicted molar refractivity (Wildman–Crippen MR) is 125 cm³/mol. The van der Waals surface area contributed by atoms with E-state index < -0.39 is 6.16 Å². The summed E-state index contributed by atoms with van der Waals surface area (Å²) in [6.07, 6.45) is 16.9. The second-order valence-corrected chi connectivity index (χ2v) is 8.29. The quantitative estimate of drug-likeness (QED) is 0.107. The molecule has 178 valence electrons. The van der Waals surface area contributed by atoms with E-state index in [0.717, 1.165) is 58.0 Å². The summed E-state index contributed by atoms with van der Waals surface area (Å²) in [5, 5.41) is 0. The Morgan fingerprint density at radius 1 is 0.800 bits per heavy atom. The highest BCUT2D eigenvalue weighted by Gasteiger charge is 2.15. The third-order valence-electron chi connectivity index (χ3n) is 5.72. The molecule has 0 aliphatic carbocycles. The Morgan fingerprint density at radius 2 is 1.37 bits per heavy atom. The van der Waals surface area contributed by atoms with Crippen molar-refractivity contribution >= 4 is 12.4 Å². The van der Waals surface area contributed by atoms with Crippen LogP contribution in [0.5, 0.6) is 0 Å². The van der Waals surface area contributed by atoms with Crippen molar-refractivity contribution in [3.8, 4) is 0 Å². The van der Waals surface area contributed by atoms with Gasteiger partial charge in [0.1, 0.15) is 12.4 Å². The Hall–Kier alpha value is -1.10. The number of carbonyl (C=O) groups excluding carboxylic acids is 2. The summed E-state index contributed by atoms with van der Waals surface area (Å²) >= 11 is 0. The average molecular weight is 428 g/mol. The molecule has 0 amide bonds. The topological polar surface area (TPSA) is 55.8 Å². The van der Waals surface area contributed by atoms with E-state index in [-0.39, 0.29) is 6.10 Å². The normalized spacial score (nSPS) is 12.1. The molecule has 0 fully saturated rings. The van der Waals surface area contributed by atoms with Gasteiger partial charge in [0.2, 0.25) is 0 Å². The van der Waals surface area contributed by atoms with Gasteiger partial charge in [-0.25, -0.2) is 4.79 Å². The lowest BCUT2D eigenvalue weighted by Crippen LogP contribution is -2.25. The zero-order valence-electron chi connectivity index (χ0n) is 20.2. The van der Waals surface area contributed by atoms with Gasteiger partial charge in [0.05, 0.1) is 6.61 Å². The van der Waals surface area contributed by atoms with E-state index >= 15 is 0 Å². The number of hydrogen-bond donors (Lipinski definition) is 0. The summed E-state index contributed by atoms with van der Waals surface area (Å²) in [5.74, 6) is 0. The molecule has 0 heterocycles. The minimum absolute atomic E-state index is 0.130. The lowest BCUT2D eigenvalue weighted by Gasteiger charge is -2.19. The van der Waals surface area contributed by atoms with Crippen molar-refractivity contribution in [2.45, 2.75) is 123 Å². The van der Waals surface area contributed by atoms with Gasteiger partial charge in [0.25, 0.3) is 0 Å². The van der Waals surface area contributed by atoms with Gasteiger partial charge in [0.15, 0.2) is 0 Å². The third kappa shape index (κ3) is 18.9. The minimum Gasteiger partial charge on any atom is -0.434 e. The van der Waals surface area contributed by atoms with Gasteiger partial charge >= 0.3 is 6.16 Å². The summed E-state index contributed by atoms with van der Waals surface area (Å²) in [6, 6.07) is 0. The highest BCUT2D eigenvalue weighted by Crippen LogP contribution is 2.16. The SMILES string of the molecule is CCCCCCCCCCCCC(CCCC=O)OC(=O)OCCCN(CC)CC. The maximum Gasteiger partial charge on any atom is 0.508 e. The van der Waals surface area contributed by atoms with Crippen molar-refractivity contribution < 1.29 is 19.1 Å². The van der Waals surface area contributed by atoms with Crippen LogP contribution < -0.4 is 0 Å². The summed E-state index contributed by atoms with van der Waals surface area (Å²) in [6.45, 7) is 9.88. The molecule has 1 atom stereocenters. The van der Waals surface area contributed by atoms with Crippen molar-refractivity contribution in [3.63, 3.8) is 0 Å². The Balaban J connectivity index is 3.92. The van der Waals surface area contributed by atoms with E-state index in [1.807, 2.05) is 0 Å². The molecule has 0 rings (SSSR count). The van der Waals surface area contributed by atoms with Crippen LogP contribution in [-0.2, 0) is 14.3 Å². The highest BCUT2D eigenvalue weighted by molar-refractivity contribution is 5.60. The average Bonchev–Trinajstić information content (AvgIpc) is 2.75. The van der Waals surface area contributed by atoms with Crippen LogP contribution in [0, 0.1) is 0 Å². The maximum atomic E-state index is 12.0. The van der Waals surface area contributed by atoms with Crippen LogP contribution in [0.4, 0.5) is 4.79 Å². The summed E-state index contributed by atoms with van der Waals surface area (Å²) in [7, 11) is 0. The highest BCUT2D eigenvalue weighted by atomic mass is 16.7. The molecule has 0 radical (unpaired) electrons. The molecule has 0 aromatic heterocycles. The molecule has 0 saturated heterocycles. The Morgan fingerprint density at radius 3 is 1.93 bits per heavy atom. The number of ether oxygens (including phenoxy) is 2. The van der Waals surface area contributed by atoms with E-state index in [1.165, 1.54) is 57.8 Å². The second kappa shape index (κ2) is 22.6. The monoisotopic (exact) mass is 427 g/mol. The van der Waals surface area contributed by atoms with E-state index in [2.05, 4.69) is 25.7 Å². The maximum absolute atomic E-state index is 12.0. The number of hydrogen-bond acceptors (Lipinski definition) is 5. The summed E-state index contributed by atoms with van der Waals surface area (Å²) in [4.78, 5) is 24.9. The fraction of sp³-hybridized carbons (Fsp3) is 0.920. The first-order valence-electron chi connectivity index (χ1n) is 12.7. The Labute approximate surface area is 186 Å². The van der Waals surface area contributed by atoms with Crippen LogP contribution in [0.15, 0.2) is 0 Å². The minimum atomic E-state index is -0.558. The van der Waals surface area contributed by atoms with Crippen molar-refractivity contribution in [1.29, 1.82) is 0 Å². The van der Waals surface area contributed by atoms with Crippen molar-refractivity contribution in [2.24, 2.45) is 0 Å². The molecule has 0 aliphatic heterocycles. The Bertz CT molecular complexity index is 385. The van der Waals surface area contributed by atoms with Crippen LogP contribution in [0.25, 0.3) is 0 Å². The zero-order valence-corrected chi connectivity index (χ0v) is 20.2. The van der Waals surface area contributed by atoms with E-state index in [1.54, 1.807) is 0 Å². The molecule has 0 aromatic carbocycles. The van der Waals surface area contributed by atoms with Crippen LogP contribution in [0.2, 0.25) is 0 Å². The molecule has 5 nitrogen and oxygen atoms in total. The summed E-state index contributed by atoms with van der Waals surface area (Å²) in [5.41, 5.74) is 0. The van der Waals surface area contributed by atoms with Gasteiger partial charge < -0.3 is 19.2 Å².